The Balaban J connectivity index is 1.27. The molecule has 0 bridgehead atoms. The number of carbonyl (C=O) groups excluding carboxylic acids is 1. The minimum absolute atomic E-state index is 0.0334. The first-order valence-corrected chi connectivity index (χ1v) is 21.6. The maximum atomic E-state index is 13.1. The van der Waals surface area contributed by atoms with Crippen molar-refractivity contribution in [2.45, 2.75) is 82.9 Å². The molecule has 6 aromatic rings. The van der Waals surface area contributed by atoms with Gasteiger partial charge in [-0.15, -0.1) is 0 Å². The smallest absolute Gasteiger partial charge is 0.256 e. The Bertz CT molecular complexity index is 2190. The molecule has 55 heavy (non-hydrogen) atoms. The fourth-order valence-electron chi connectivity index (χ4n) is 6.83. The average Bonchev–Trinajstić information content (AvgIpc) is 3.74. The van der Waals surface area contributed by atoms with Crippen LogP contribution in [0.2, 0.25) is 18.1 Å². The maximum absolute atomic E-state index is 13.1. The Morgan fingerprint density at radius 1 is 0.818 bits per heavy atom. The predicted molar refractivity (Wildman–Crippen MR) is 216 cm³/mol. The number of ether oxygens (including phenoxy) is 2. The number of rotatable bonds is 11. The molecule has 1 saturated heterocycles. The van der Waals surface area contributed by atoms with E-state index in [-0.39, 0.29) is 23.4 Å². The molecule has 1 amide bonds. The van der Waals surface area contributed by atoms with Crippen molar-refractivity contribution >= 4 is 31.2 Å². The molecule has 11 heteroatoms. The van der Waals surface area contributed by atoms with Gasteiger partial charge in [0, 0.05) is 5.56 Å². The van der Waals surface area contributed by atoms with E-state index in [4.69, 9.17) is 13.9 Å². The molecule has 7 rings (SSSR count). The summed E-state index contributed by atoms with van der Waals surface area (Å²) in [5, 5.41) is 15.0. The van der Waals surface area contributed by atoms with Gasteiger partial charge in [0.15, 0.2) is 31.5 Å². The molecule has 0 spiro atoms. The van der Waals surface area contributed by atoms with Crippen LogP contribution in [0.3, 0.4) is 0 Å². The number of nitrogens with zero attached hydrogens (tertiary/aromatic N) is 4. The SMILES string of the molecule is Cc1ccc(C(OC[C@H]2O[C@@H](n3cnc4c(NC(=O)c5ccccc5)ncnc43)[C@@H](O[Si](C)(C)C(C)(C)C)C2O)(c2ccccc2)c2ccc(C)cc2)cc1. The van der Waals surface area contributed by atoms with E-state index in [9.17, 15) is 9.90 Å². The lowest BCUT2D eigenvalue weighted by Gasteiger charge is -2.40. The van der Waals surface area contributed by atoms with Gasteiger partial charge in [-0.2, -0.15) is 0 Å². The zero-order chi connectivity index (χ0) is 39.0. The van der Waals surface area contributed by atoms with Gasteiger partial charge in [-0.3, -0.25) is 9.36 Å². The van der Waals surface area contributed by atoms with Gasteiger partial charge in [-0.05, 0) is 60.8 Å². The fraction of sp³-hybridized carbons (Fsp3) is 0.318. The number of aliphatic hydroxyl groups excluding tert-OH is 1. The molecule has 284 valence electrons. The first-order valence-electron chi connectivity index (χ1n) is 18.7. The number of aryl methyl sites for hydroxylation is 2. The highest BCUT2D eigenvalue weighted by molar-refractivity contribution is 6.74. The summed E-state index contributed by atoms with van der Waals surface area (Å²) in [5.74, 6) is -0.0511. The van der Waals surface area contributed by atoms with E-state index in [2.05, 4.69) is 129 Å². The van der Waals surface area contributed by atoms with Crippen molar-refractivity contribution in [3.8, 4) is 0 Å². The lowest BCUT2D eigenvalue weighted by Crippen LogP contribution is -2.49. The van der Waals surface area contributed by atoms with E-state index in [0.29, 0.717) is 16.7 Å². The molecule has 0 saturated carbocycles. The molecule has 4 aromatic carbocycles. The molecule has 1 unspecified atom stereocenters. The monoisotopic (exact) mass is 755 g/mol. The summed E-state index contributed by atoms with van der Waals surface area (Å²) in [6, 6.07) is 35.9. The van der Waals surface area contributed by atoms with Gasteiger partial charge < -0.3 is 24.3 Å². The highest BCUT2D eigenvalue weighted by Gasteiger charge is 2.52. The molecule has 10 nitrogen and oxygen atoms in total. The number of fused-ring (bicyclic) bond motifs is 1. The topological polar surface area (TPSA) is 121 Å². The summed E-state index contributed by atoms with van der Waals surface area (Å²) >= 11 is 0. The van der Waals surface area contributed by atoms with Crippen LogP contribution in [0.15, 0.2) is 122 Å². The van der Waals surface area contributed by atoms with Crippen molar-refractivity contribution in [3.05, 3.63) is 155 Å². The van der Waals surface area contributed by atoms with Crippen LogP contribution in [0.5, 0.6) is 0 Å². The van der Waals surface area contributed by atoms with Crippen LogP contribution in [-0.4, -0.2) is 63.8 Å². The molecule has 1 aliphatic heterocycles. The number of amides is 1. The van der Waals surface area contributed by atoms with E-state index in [0.717, 1.165) is 27.8 Å². The fourth-order valence-corrected chi connectivity index (χ4v) is 8.12. The quantitative estimate of drug-likeness (QED) is 0.100. The van der Waals surface area contributed by atoms with Crippen LogP contribution in [0.25, 0.3) is 11.2 Å². The molecule has 4 atom stereocenters. The van der Waals surface area contributed by atoms with Crippen LogP contribution >= 0.6 is 0 Å². The molecular formula is C44H49N5O5Si. The third-order valence-electron chi connectivity index (χ3n) is 11.0. The molecular weight excluding hydrogens is 707 g/mol. The highest BCUT2D eigenvalue weighted by Crippen LogP contribution is 2.45. The van der Waals surface area contributed by atoms with Gasteiger partial charge in [0.1, 0.15) is 30.2 Å². The summed E-state index contributed by atoms with van der Waals surface area (Å²) in [7, 11) is -2.47. The number of anilines is 1. The van der Waals surface area contributed by atoms with Crippen LogP contribution in [0.4, 0.5) is 5.82 Å². The van der Waals surface area contributed by atoms with Crippen LogP contribution in [0.1, 0.15) is 65.2 Å². The number of hydrogen-bond acceptors (Lipinski definition) is 8. The molecule has 1 fully saturated rings. The lowest BCUT2D eigenvalue weighted by molar-refractivity contribution is -0.0940. The number of nitrogens with one attached hydrogen (secondary N) is 1. The highest BCUT2D eigenvalue weighted by atomic mass is 28.4. The van der Waals surface area contributed by atoms with Crippen LogP contribution in [0, 0.1) is 13.8 Å². The van der Waals surface area contributed by atoms with Crippen molar-refractivity contribution < 1.29 is 23.8 Å². The van der Waals surface area contributed by atoms with E-state index in [1.807, 2.05) is 24.3 Å². The van der Waals surface area contributed by atoms with Gasteiger partial charge in [-0.1, -0.05) is 129 Å². The third-order valence-corrected chi connectivity index (χ3v) is 15.5. The summed E-state index contributed by atoms with van der Waals surface area (Å²) in [5.41, 5.74) is 5.40. The van der Waals surface area contributed by atoms with E-state index in [1.165, 1.54) is 6.33 Å². The Kier molecular flexibility index (Phi) is 10.6. The zero-order valence-corrected chi connectivity index (χ0v) is 33.4. The second-order valence-electron chi connectivity index (χ2n) is 15.9. The Morgan fingerprint density at radius 2 is 1.38 bits per heavy atom. The number of aromatic nitrogens is 4. The first-order chi connectivity index (χ1) is 26.3. The van der Waals surface area contributed by atoms with Gasteiger partial charge >= 0.3 is 0 Å². The van der Waals surface area contributed by atoms with Gasteiger partial charge in [-0.25, -0.2) is 15.0 Å². The number of aliphatic hydroxyl groups is 1. The van der Waals surface area contributed by atoms with Crippen molar-refractivity contribution in [2.75, 3.05) is 11.9 Å². The standard InChI is InChI=1S/C44H49N5O5Si/c1-29-18-22-33(23-19-29)44(32-16-12-9-13-17-32,34-24-20-30(2)21-25-34)52-26-35-37(50)38(54-55(6,7)43(3,4)5)42(53-35)49-28-47-36-39(45-27-46-40(36)49)48-41(51)31-14-10-8-11-15-31/h8-25,27-28,35,37-38,42,50H,26H2,1-7H3,(H,45,46,48,51)/t35-,37?,38+,42-/m1/s1. The van der Waals surface area contributed by atoms with Crippen molar-refractivity contribution in [2.24, 2.45) is 0 Å². The normalized spacial score (nSPS) is 19.1. The Labute approximate surface area is 323 Å². The Hall–Kier alpha value is -5.04. The molecule has 1 aliphatic rings. The molecule has 2 aromatic heterocycles. The summed E-state index contributed by atoms with van der Waals surface area (Å²) in [6.07, 6.45) is -0.481. The maximum Gasteiger partial charge on any atom is 0.256 e. The van der Waals surface area contributed by atoms with E-state index >= 15 is 0 Å². The lowest BCUT2D eigenvalue weighted by atomic mass is 9.79. The number of benzene rings is 4. The summed E-state index contributed by atoms with van der Waals surface area (Å²) < 4.78 is 22.8. The predicted octanol–water partition coefficient (Wildman–Crippen LogP) is 8.35. The van der Waals surface area contributed by atoms with Gasteiger partial charge in [0.2, 0.25) is 0 Å². The number of hydrogen-bond donors (Lipinski definition) is 2. The first kappa shape index (κ1) is 38.2. The third kappa shape index (κ3) is 7.50. The van der Waals surface area contributed by atoms with Crippen molar-refractivity contribution in [3.63, 3.8) is 0 Å². The largest absolute Gasteiger partial charge is 0.407 e. The van der Waals surface area contributed by atoms with Gasteiger partial charge in [0.25, 0.3) is 5.91 Å². The number of imidazole rings is 1. The summed E-state index contributed by atoms with van der Waals surface area (Å²) in [4.78, 5) is 26.7. The van der Waals surface area contributed by atoms with E-state index < -0.39 is 38.5 Å². The Morgan fingerprint density at radius 3 is 1.96 bits per heavy atom. The molecule has 3 heterocycles. The molecule has 2 N–H and O–H groups in total. The average molecular weight is 756 g/mol. The second-order valence-corrected chi connectivity index (χ2v) is 20.6. The second kappa shape index (κ2) is 15.2. The van der Waals surface area contributed by atoms with Crippen LogP contribution < -0.4 is 5.32 Å². The zero-order valence-electron chi connectivity index (χ0n) is 32.4. The molecule has 0 aliphatic carbocycles. The van der Waals surface area contributed by atoms with Crippen molar-refractivity contribution in [1.29, 1.82) is 0 Å². The minimum atomic E-state index is -2.47. The number of carbonyl (C=O) groups is 1. The van der Waals surface area contributed by atoms with Crippen LogP contribution in [-0.2, 0) is 19.5 Å². The molecule has 0 radical (unpaired) electrons. The van der Waals surface area contributed by atoms with Gasteiger partial charge in [0.05, 0.1) is 12.9 Å². The van der Waals surface area contributed by atoms with Crippen molar-refractivity contribution in [1.82, 2.24) is 19.5 Å². The van der Waals surface area contributed by atoms with E-state index in [1.54, 1.807) is 35.2 Å². The summed E-state index contributed by atoms with van der Waals surface area (Å²) in [6.45, 7) is 15.0. The minimum Gasteiger partial charge on any atom is -0.407 e.